The van der Waals surface area contributed by atoms with E-state index in [2.05, 4.69) is 42.1 Å². The Kier molecular flexibility index (Phi) is 5.94. The second-order valence-electron chi connectivity index (χ2n) is 4.50. The van der Waals surface area contributed by atoms with Gasteiger partial charge in [-0.2, -0.15) is 0 Å². The summed E-state index contributed by atoms with van der Waals surface area (Å²) in [5, 5.41) is 0. The summed E-state index contributed by atoms with van der Waals surface area (Å²) in [5.74, 6) is 6.96. The lowest BCUT2D eigenvalue weighted by atomic mass is 10.1. The number of nitrogens with two attached hydrogens (primary N) is 1. The van der Waals surface area contributed by atoms with E-state index in [1.807, 2.05) is 6.07 Å². The normalized spacial score (nSPS) is 12.8. The van der Waals surface area contributed by atoms with Gasteiger partial charge in [-0.15, -0.1) is 0 Å². The number of hydrogen-bond acceptors (Lipinski definition) is 4. The van der Waals surface area contributed by atoms with Gasteiger partial charge in [0, 0.05) is 24.8 Å². The fourth-order valence-electron chi connectivity index (χ4n) is 1.81. The quantitative estimate of drug-likeness (QED) is 0.563. The predicted octanol–water partition coefficient (Wildman–Crippen LogP) is 2.24. The summed E-state index contributed by atoms with van der Waals surface area (Å²) in [6.07, 6.45) is 2.97. The molecule has 0 saturated carbocycles. The van der Waals surface area contributed by atoms with Crippen molar-refractivity contribution in [2.45, 2.75) is 33.7 Å². The Hall–Kier alpha value is -1.13. The minimum atomic E-state index is 0.723. The standard InChI is InChI=1S/C13H24N4/c1-4-11(3)9-17(5-2)10-12-7-6-8-15-13(12)16-14/h6-8,11H,4-5,9-10,14H2,1-3H3,(H,15,16). The number of hydrogen-bond donors (Lipinski definition) is 2. The third-order valence-electron chi connectivity index (χ3n) is 3.14. The van der Waals surface area contributed by atoms with E-state index >= 15 is 0 Å². The van der Waals surface area contributed by atoms with Crippen LogP contribution in [0, 0.1) is 5.92 Å². The van der Waals surface area contributed by atoms with Gasteiger partial charge in [0.2, 0.25) is 0 Å². The SMILES string of the molecule is CCC(C)CN(CC)Cc1cccnc1NN. The summed E-state index contributed by atoms with van der Waals surface area (Å²) in [7, 11) is 0. The molecule has 0 aromatic carbocycles. The molecule has 17 heavy (non-hydrogen) atoms. The number of rotatable bonds is 7. The van der Waals surface area contributed by atoms with Gasteiger partial charge in [0.05, 0.1) is 0 Å². The minimum Gasteiger partial charge on any atom is -0.308 e. The van der Waals surface area contributed by atoms with Crippen LogP contribution >= 0.6 is 0 Å². The highest BCUT2D eigenvalue weighted by Crippen LogP contribution is 2.14. The number of nitrogens with zero attached hydrogens (tertiary/aromatic N) is 2. The number of nitrogens with one attached hydrogen (secondary N) is 1. The molecule has 1 aromatic rings. The summed E-state index contributed by atoms with van der Waals surface area (Å²) in [5.41, 5.74) is 3.81. The number of anilines is 1. The van der Waals surface area contributed by atoms with E-state index in [-0.39, 0.29) is 0 Å². The van der Waals surface area contributed by atoms with Crippen molar-refractivity contribution in [3.63, 3.8) is 0 Å². The monoisotopic (exact) mass is 236 g/mol. The Morgan fingerprint density at radius 2 is 2.24 bits per heavy atom. The smallest absolute Gasteiger partial charge is 0.144 e. The molecule has 0 radical (unpaired) electrons. The topological polar surface area (TPSA) is 54.2 Å². The number of nitrogen functional groups attached to an aromatic ring is 1. The lowest BCUT2D eigenvalue weighted by Crippen LogP contribution is -2.28. The first-order valence-electron chi connectivity index (χ1n) is 6.34. The highest BCUT2D eigenvalue weighted by atomic mass is 15.3. The van der Waals surface area contributed by atoms with Crippen LogP contribution in [0.1, 0.15) is 32.8 Å². The Morgan fingerprint density at radius 3 is 2.82 bits per heavy atom. The molecule has 0 bridgehead atoms. The first kappa shape index (κ1) is 13.9. The van der Waals surface area contributed by atoms with Gasteiger partial charge in [-0.3, -0.25) is 4.90 Å². The van der Waals surface area contributed by atoms with E-state index in [1.165, 1.54) is 6.42 Å². The summed E-state index contributed by atoms with van der Waals surface area (Å²) < 4.78 is 0. The number of hydrazine groups is 1. The largest absolute Gasteiger partial charge is 0.308 e. The van der Waals surface area contributed by atoms with E-state index in [9.17, 15) is 0 Å². The molecule has 0 aliphatic carbocycles. The molecule has 4 nitrogen and oxygen atoms in total. The van der Waals surface area contributed by atoms with Gasteiger partial charge in [-0.25, -0.2) is 10.8 Å². The average molecular weight is 236 g/mol. The first-order chi connectivity index (χ1) is 8.21. The molecule has 4 heteroatoms. The van der Waals surface area contributed by atoms with Gasteiger partial charge in [-0.05, 0) is 18.5 Å². The second kappa shape index (κ2) is 7.25. The van der Waals surface area contributed by atoms with Crippen LogP contribution in [-0.2, 0) is 6.54 Å². The summed E-state index contributed by atoms with van der Waals surface area (Å²) in [6, 6.07) is 4.02. The zero-order valence-corrected chi connectivity index (χ0v) is 11.1. The van der Waals surface area contributed by atoms with E-state index in [0.717, 1.165) is 36.9 Å². The molecular weight excluding hydrogens is 212 g/mol. The Bertz CT molecular complexity index is 327. The van der Waals surface area contributed by atoms with Crippen molar-refractivity contribution < 1.29 is 0 Å². The lowest BCUT2D eigenvalue weighted by Gasteiger charge is -2.24. The van der Waals surface area contributed by atoms with Crippen molar-refractivity contribution in [3.05, 3.63) is 23.9 Å². The molecular formula is C13H24N4. The van der Waals surface area contributed by atoms with Crippen LogP contribution in [0.25, 0.3) is 0 Å². The Labute approximate surface area is 104 Å². The fourth-order valence-corrected chi connectivity index (χ4v) is 1.81. The van der Waals surface area contributed by atoms with Gasteiger partial charge >= 0.3 is 0 Å². The van der Waals surface area contributed by atoms with E-state index in [0.29, 0.717) is 0 Å². The second-order valence-corrected chi connectivity index (χ2v) is 4.50. The molecule has 1 unspecified atom stereocenters. The Balaban J connectivity index is 2.66. The zero-order valence-electron chi connectivity index (χ0n) is 11.1. The molecule has 1 atom stereocenters. The maximum atomic E-state index is 5.46. The third-order valence-corrected chi connectivity index (χ3v) is 3.14. The van der Waals surface area contributed by atoms with Crippen LogP contribution in [0.15, 0.2) is 18.3 Å². The van der Waals surface area contributed by atoms with Crippen molar-refractivity contribution in [1.82, 2.24) is 9.88 Å². The van der Waals surface area contributed by atoms with Crippen LogP contribution in [0.2, 0.25) is 0 Å². The van der Waals surface area contributed by atoms with Gasteiger partial charge in [0.25, 0.3) is 0 Å². The first-order valence-corrected chi connectivity index (χ1v) is 6.34. The molecule has 0 aliphatic heterocycles. The minimum absolute atomic E-state index is 0.723. The molecule has 1 rings (SSSR count). The molecule has 0 spiro atoms. The van der Waals surface area contributed by atoms with Crippen LogP contribution in [0.4, 0.5) is 5.82 Å². The van der Waals surface area contributed by atoms with E-state index in [4.69, 9.17) is 5.84 Å². The highest BCUT2D eigenvalue weighted by molar-refractivity contribution is 5.42. The highest BCUT2D eigenvalue weighted by Gasteiger charge is 2.10. The molecule has 0 aliphatic rings. The predicted molar refractivity (Wildman–Crippen MR) is 72.5 cm³/mol. The van der Waals surface area contributed by atoms with Crippen LogP contribution < -0.4 is 11.3 Å². The van der Waals surface area contributed by atoms with Gasteiger partial charge < -0.3 is 5.43 Å². The van der Waals surface area contributed by atoms with Crippen LogP contribution in [-0.4, -0.2) is 23.0 Å². The zero-order chi connectivity index (χ0) is 12.7. The van der Waals surface area contributed by atoms with E-state index < -0.39 is 0 Å². The van der Waals surface area contributed by atoms with Gasteiger partial charge in [-0.1, -0.05) is 33.3 Å². The van der Waals surface area contributed by atoms with Crippen molar-refractivity contribution in [2.24, 2.45) is 11.8 Å². The van der Waals surface area contributed by atoms with Crippen molar-refractivity contribution >= 4 is 5.82 Å². The third kappa shape index (κ3) is 4.32. The summed E-state index contributed by atoms with van der Waals surface area (Å²) >= 11 is 0. The molecule has 3 N–H and O–H groups in total. The Morgan fingerprint density at radius 1 is 1.47 bits per heavy atom. The molecule has 0 saturated heterocycles. The van der Waals surface area contributed by atoms with Crippen LogP contribution in [0.3, 0.4) is 0 Å². The maximum Gasteiger partial charge on any atom is 0.144 e. The lowest BCUT2D eigenvalue weighted by molar-refractivity contribution is 0.238. The summed E-state index contributed by atoms with van der Waals surface area (Å²) in [4.78, 5) is 6.64. The molecule has 0 fully saturated rings. The number of pyridine rings is 1. The molecule has 1 aromatic heterocycles. The summed E-state index contributed by atoms with van der Waals surface area (Å²) in [6.45, 7) is 9.76. The van der Waals surface area contributed by atoms with Crippen molar-refractivity contribution in [1.29, 1.82) is 0 Å². The van der Waals surface area contributed by atoms with Gasteiger partial charge in [0.15, 0.2) is 0 Å². The maximum absolute atomic E-state index is 5.46. The van der Waals surface area contributed by atoms with Crippen molar-refractivity contribution in [2.75, 3.05) is 18.5 Å². The number of aromatic nitrogens is 1. The van der Waals surface area contributed by atoms with Gasteiger partial charge in [0.1, 0.15) is 5.82 Å². The molecule has 1 heterocycles. The molecule has 0 amide bonds. The fraction of sp³-hybridized carbons (Fsp3) is 0.615. The van der Waals surface area contributed by atoms with Crippen LogP contribution in [0.5, 0.6) is 0 Å². The van der Waals surface area contributed by atoms with E-state index in [1.54, 1.807) is 6.20 Å². The average Bonchev–Trinajstić information content (AvgIpc) is 2.38. The molecule has 96 valence electrons. The van der Waals surface area contributed by atoms with Crippen molar-refractivity contribution in [3.8, 4) is 0 Å².